The van der Waals surface area contributed by atoms with Crippen molar-refractivity contribution < 1.29 is 42.7 Å². The molecule has 30 heavy (non-hydrogen) atoms. The van der Waals surface area contributed by atoms with Gasteiger partial charge in [-0.3, -0.25) is 9.11 Å². The molecule has 0 unspecified atom stereocenters. The molecule has 0 bridgehead atoms. The molecule has 1 aromatic rings. The van der Waals surface area contributed by atoms with Gasteiger partial charge in [-0.15, -0.1) is 0 Å². The van der Waals surface area contributed by atoms with Gasteiger partial charge in [-0.05, 0) is 18.6 Å². The zero-order chi connectivity index (χ0) is 23.0. The van der Waals surface area contributed by atoms with Crippen molar-refractivity contribution in [3.05, 3.63) is 17.2 Å². The zero-order valence-electron chi connectivity index (χ0n) is 15.6. The summed E-state index contributed by atoms with van der Waals surface area (Å²) in [5.74, 6) is -0.785. The third kappa shape index (κ3) is 10.6. The van der Waals surface area contributed by atoms with E-state index in [0.29, 0.717) is 5.56 Å². The number of nitriles is 1. The molecule has 4 N–H and O–H groups in total. The maximum absolute atomic E-state index is 11.9. The van der Waals surface area contributed by atoms with Crippen molar-refractivity contribution in [3.63, 3.8) is 0 Å². The van der Waals surface area contributed by atoms with Gasteiger partial charge in [0.15, 0.2) is 9.84 Å². The molecule has 0 atom stereocenters. The molecule has 0 aromatic carbocycles. The lowest BCUT2D eigenvalue weighted by Gasteiger charge is -2.13. The number of hydrogen-bond donors (Lipinski definition) is 4. The summed E-state index contributed by atoms with van der Waals surface area (Å²) in [4.78, 5) is 4.11. The molecule has 0 fully saturated rings. The molecule has 0 saturated heterocycles. The molecule has 170 valence electrons. The zero-order valence-corrected chi connectivity index (χ0v) is 18.0. The largest absolute Gasteiger partial charge is 0.397 e. The number of sulfone groups is 1. The number of nitrogens with zero attached hydrogens (tertiary/aromatic N) is 2. The standard InChI is InChI=1S/C13H20N4O10S3/c1-10-8-12(15-2-4-26-29(20,21)22)17-13(11(10)9-14)16-3-6-28(18,19)7-5-27-30(23,24)25/h8H,2-7H2,1H3,(H2,15,16,17)(H,20,21,22)(H,23,24,25). The van der Waals surface area contributed by atoms with Gasteiger partial charge in [0.05, 0.1) is 30.3 Å². The monoisotopic (exact) mass is 488 g/mol. The second-order valence-electron chi connectivity index (χ2n) is 5.66. The average molecular weight is 489 g/mol. The van der Waals surface area contributed by atoms with E-state index < -0.39 is 48.7 Å². The summed E-state index contributed by atoms with van der Waals surface area (Å²) in [5.41, 5.74) is 0.652. The van der Waals surface area contributed by atoms with Crippen LogP contribution < -0.4 is 10.6 Å². The number of hydrogen-bond acceptors (Lipinski definition) is 12. The van der Waals surface area contributed by atoms with Gasteiger partial charge in [-0.25, -0.2) is 21.8 Å². The molecule has 17 heteroatoms. The van der Waals surface area contributed by atoms with E-state index in [-0.39, 0.29) is 36.9 Å². The first-order valence-electron chi connectivity index (χ1n) is 8.06. The molecule has 1 heterocycles. The van der Waals surface area contributed by atoms with E-state index in [4.69, 9.17) is 9.11 Å². The highest BCUT2D eigenvalue weighted by molar-refractivity contribution is 7.91. The highest BCUT2D eigenvalue weighted by atomic mass is 32.3. The Labute approximate surface area is 174 Å². The fourth-order valence-electron chi connectivity index (χ4n) is 2.05. The maximum atomic E-state index is 11.9. The SMILES string of the molecule is Cc1cc(NCCOS(=O)(=O)O)nc(NCCS(=O)(=O)CCOS(=O)(=O)O)c1C#N. The van der Waals surface area contributed by atoms with Crippen molar-refractivity contribution in [2.75, 3.05) is 48.4 Å². The molecule has 0 saturated carbocycles. The van der Waals surface area contributed by atoms with Crippen LogP contribution in [0.25, 0.3) is 0 Å². The second-order valence-corrected chi connectivity index (χ2v) is 10.2. The first-order valence-corrected chi connectivity index (χ1v) is 12.6. The van der Waals surface area contributed by atoms with Crippen molar-refractivity contribution in [3.8, 4) is 6.07 Å². The van der Waals surface area contributed by atoms with Crippen molar-refractivity contribution in [2.45, 2.75) is 6.92 Å². The lowest BCUT2D eigenvalue weighted by molar-refractivity contribution is 0.278. The number of aryl methyl sites for hydroxylation is 1. The Morgan fingerprint density at radius 2 is 1.60 bits per heavy atom. The topological polar surface area (TPSA) is 222 Å². The summed E-state index contributed by atoms with van der Waals surface area (Å²) in [7, 11) is -13.0. The Morgan fingerprint density at radius 3 is 2.17 bits per heavy atom. The Bertz CT molecular complexity index is 1090. The highest BCUT2D eigenvalue weighted by Crippen LogP contribution is 2.20. The van der Waals surface area contributed by atoms with Crippen LogP contribution >= 0.6 is 0 Å². The molecule has 0 aliphatic heterocycles. The smallest absolute Gasteiger partial charge is 0.368 e. The summed E-state index contributed by atoms with van der Waals surface area (Å²) in [6.07, 6.45) is 0. The molecule has 0 radical (unpaired) electrons. The predicted octanol–water partition coefficient (Wildman–Crippen LogP) is -0.861. The lowest BCUT2D eigenvalue weighted by atomic mass is 10.1. The number of aromatic nitrogens is 1. The van der Waals surface area contributed by atoms with Crippen LogP contribution in [0.2, 0.25) is 0 Å². The molecular formula is C13H20N4O10S3. The number of rotatable bonds is 13. The third-order valence-corrected chi connectivity index (χ3v) is 5.84. The van der Waals surface area contributed by atoms with E-state index in [1.807, 2.05) is 6.07 Å². The number of pyridine rings is 1. The van der Waals surface area contributed by atoms with Gasteiger partial charge in [0.1, 0.15) is 17.7 Å². The maximum Gasteiger partial charge on any atom is 0.397 e. The Hall–Kier alpha value is -2.07. The average Bonchev–Trinajstić information content (AvgIpc) is 2.56. The molecule has 1 aromatic heterocycles. The quantitative estimate of drug-likeness (QED) is 0.196. The summed E-state index contributed by atoms with van der Waals surface area (Å²) in [5, 5.41) is 14.7. The fraction of sp³-hybridized carbons (Fsp3) is 0.538. The van der Waals surface area contributed by atoms with Gasteiger partial charge in [-0.1, -0.05) is 0 Å². The van der Waals surface area contributed by atoms with E-state index in [1.54, 1.807) is 6.92 Å². The van der Waals surface area contributed by atoms with Crippen LogP contribution in [0.4, 0.5) is 11.6 Å². The molecule has 0 aliphatic rings. The molecule has 1 rings (SSSR count). The minimum Gasteiger partial charge on any atom is -0.368 e. The first-order chi connectivity index (χ1) is 13.7. The Balaban J connectivity index is 2.71. The molecule has 0 amide bonds. The fourth-order valence-corrected chi connectivity index (χ4v) is 3.70. The number of nitrogens with one attached hydrogen (secondary N) is 2. The lowest BCUT2D eigenvalue weighted by Crippen LogP contribution is -2.23. The van der Waals surface area contributed by atoms with E-state index in [1.165, 1.54) is 6.07 Å². The van der Waals surface area contributed by atoms with Gasteiger partial charge in [0, 0.05) is 13.1 Å². The molecular weight excluding hydrogens is 468 g/mol. The first kappa shape index (κ1) is 26.0. The van der Waals surface area contributed by atoms with Gasteiger partial charge < -0.3 is 10.6 Å². The third-order valence-electron chi connectivity index (χ3n) is 3.30. The van der Waals surface area contributed by atoms with E-state index in [9.17, 15) is 30.5 Å². The van der Waals surface area contributed by atoms with Crippen LogP contribution in [-0.4, -0.2) is 77.2 Å². The van der Waals surface area contributed by atoms with E-state index >= 15 is 0 Å². The van der Waals surface area contributed by atoms with Crippen LogP contribution in [0, 0.1) is 18.3 Å². The van der Waals surface area contributed by atoms with Crippen molar-refractivity contribution >= 4 is 42.3 Å². The van der Waals surface area contributed by atoms with Crippen LogP contribution in [-0.2, 0) is 39.0 Å². The molecule has 0 aliphatic carbocycles. The van der Waals surface area contributed by atoms with Crippen LogP contribution in [0.3, 0.4) is 0 Å². The van der Waals surface area contributed by atoms with Crippen LogP contribution in [0.15, 0.2) is 6.07 Å². The Kier molecular flexibility index (Phi) is 9.35. The minimum absolute atomic E-state index is 0.0419. The summed E-state index contributed by atoms with van der Waals surface area (Å²) in [6.45, 7) is 0.276. The minimum atomic E-state index is -4.74. The molecule has 0 spiro atoms. The summed E-state index contributed by atoms with van der Waals surface area (Å²) in [6, 6.07) is 3.42. The van der Waals surface area contributed by atoms with Crippen molar-refractivity contribution in [2.24, 2.45) is 0 Å². The van der Waals surface area contributed by atoms with Crippen molar-refractivity contribution in [1.29, 1.82) is 5.26 Å². The second kappa shape index (κ2) is 10.8. The highest BCUT2D eigenvalue weighted by Gasteiger charge is 2.15. The van der Waals surface area contributed by atoms with Crippen LogP contribution in [0.1, 0.15) is 11.1 Å². The van der Waals surface area contributed by atoms with E-state index in [2.05, 4.69) is 24.0 Å². The summed E-state index contributed by atoms with van der Waals surface area (Å²) >= 11 is 0. The Morgan fingerprint density at radius 1 is 1.00 bits per heavy atom. The van der Waals surface area contributed by atoms with Gasteiger partial charge in [0.2, 0.25) is 0 Å². The molecule has 14 nitrogen and oxygen atoms in total. The number of anilines is 2. The van der Waals surface area contributed by atoms with Gasteiger partial charge in [-0.2, -0.15) is 22.1 Å². The van der Waals surface area contributed by atoms with Gasteiger partial charge in [0.25, 0.3) is 0 Å². The van der Waals surface area contributed by atoms with Crippen molar-refractivity contribution in [1.82, 2.24) is 4.98 Å². The van der Waals surface area contributed by atoms with Crippen LogP contribution in [0.5, 0.6) is 0 Å². The van der Waals surface area contributed by atoms with Gasteiger partial charge >= 0.3 is 20.8 Å². The normalized spacial score (nSPS) is 12.3. The predicted molar refractivity (Wildman–Crippen MR) is 104 cm³/mol. The van der Waals surface area contributed by atoms with E-state index in [0.717, 1.165) is 0 Å². The summed E-state index contributed by atoms with van der Waals surface area (Å²) < 4.78 is 90.6.